The molecule has 2 fully saturated rings. The fraction of sp³-hybridized carbons (Fsp3) is 0.565. The Labute approximate surface area is 350 Å². The molecule has 14 nitrogen and oxygen atoms in total. The van der Waals surface area contributed by atoms with Gasteiger partial charge in [0.2, 0.25) is 5.76 Å². The van der Waals surface area contributed by atoms with E-state index in [1.165, 1.54) is 7.11 Å². The standard InChI is InChI=1S/C46H58N2O12/c1-4-58-45(54)44-34(25-51)38(29-21-30(24-50)40(53)32(22-29)27-8-9-36-28(20-27)10-14-47-36)39-42(57-3)33-23-37(59-41(33)35(26-52)43(39)60-44)46(55,13-5-6-18-49)31-11-16-48(17-12-31)15-7-19-56-2/h8-10,20,25,30-32,37,49-50,52,55H,4-7,11-19,21-24,26H2,1-3H3/b38-29-/t30-,32-,37+,46-/m1/s1. The highest BCUT2D eigenvalue weighted by Crippen LogP contribution is 2.57. The molecule has 4 heterocycles. The fourth-order valence-corrected chi connectivity index (χ4v) is 10.0. The maximum Gasteiger partial charge on any atom is 0.375 e. The van der Waals surface area contributed by atoms with E-state index in [0.717, 1.165) is 55.0 Å². The van der Waals surface area contributed by atoms with Crippen molar-refractivity contribution in [3.8, 4) is 17.2 Å². The van der Waals surface area contributed by atoms with Crippen LogP contribution in [0.2, 0.25) is 0 Å². The van der Waals surface area contributed by atoms with Gasteiger partial charge in [0, 0.05) is 56.3 Å². The van der Waals surface area contributed by atoms with Crippen LogP contribution in [0.4, 0.5) is 0 Å². The molecular weight excluding hydrogens is 773 g/mol. The van der Waals surface area contributed by atoms with E-state index in [0.29, 0.717) is 61.0 Å². The van der Waals surface area contributed by atoms with E-state index in [-0.39, 0.29) is 78.3 Å². The van der Waals surface area contributed by atoms with Crippen molar-refractivity contribution in [2.45, 2.75) is 88.9 Å². The third kappa shape index (κ3) is 8.17. The number of likely N-dealkylation sites (tertiary alicyclic amines) is 1. The van der Waals surface area contributed by atoms with Crippen LogP contribution >= 0.6 is 0 Å². The maximum atomic E-state index is 14.0. The van der Waals surface area contributed by atoms with Crippen LogP contribution < -0.4 is 24.8 Å². The molecule has 0 aromatic heterocycles. The lowest BCUT2D eigenvalue weighted by Crippen LogP contribution is -2.54. The van der Waals surface area contributed by atoms with Gasteiger partial charge in [-0.3, -0.25) is 14.6 Å². The lowest BCUT2D eigenvalue weighted by molar-refractivity contribution is -0.141. The Balaban J connectivity index is 1.36. The summed E-state index contributed by atoms with van der Waals surface area (Å²) in [5, 5.41) is 46.1. The zero-order chi connectivity index (χ0) is 42.6. The predicted molar refractivity (Wildman–Crippen MR) is 220 cm³/mol. The third-order valence-corrected chi connectivity index (χ3v) is 13.1. The van der Waals surface area contributed by atoms with E-state index in [9.17, 15) is 34.8 Å². The minimum Gasteiger partial charge on any atom is -0.496 e. The zero-order valence-electron chi connectivity index (χ0n) is 34.9. The Morgan fingerprint density at radius 1 is 1.07 bits per heavy atom. The van der Waals surface area contributed by atoms with Crippen LogP contribution in [0, 0.1) is 11.8 Å². The molecule has 0 amide bonds. The number of hydrogen-bond donors (Lipinski definition) is 4. The van der Waals surface area contributed by atoms with Crippen LogP contribution in [-0.4, -0.2) is 122 Å². The number of methoxy groups -OCH3 is 2. The van der Waals surface area contributed by atoms with E-state index in [2.05, 4.69) is 9.89 Å². The average molecular weight is 831 g/mol. The lowest BCUT2D eigenvalue weighted by atomic mass is 9.71. The first kappa shape index (κ1) is 43.6. The number of hydrogen-bond acceptors (Lipinski definition) is 14. The molecule has 1 saturated heterocycles. The van der Waals surface area contributed by atoms with Crippen LogP contribution in [0.5, 0.6) is 17.2 Å². The Bertz CT molecular complexity index is 2160. The van der Waals surface area contributed by atoms with Crippen molar-refractivity contribution in [2.75, 3.05) is 66.8 Å². The molecule has 0 spiro atoms. The third-order valence-electron chi connectivity index (χ3n) is 13.1. The molecule has 324 valence electrons. The number of aliphatic hydroxyl groups is 4. The summed E-state index contributed by atoms with van der Waals surface area (Å²) in [4.78, 5) is 47.9. The Morgan fingerprint density at radius 3 is 2.55 bits per heavy atom. The van der Waals surface area contributed by atoms with E-state index in [4.69, 9.17) is 23.7 Å². The number of Topliss-reactive ketones (excluding diaryl/α,β-unsaturated/α-hetero) is 1. The summed E-state index contributed by atoms with van der Waals surface area (Å²) >= 11 is 0. The summed E-state index contributed by atoms with van der Waals surface area (Å²) in [6, 6.07) is 5.69. The van der Waals surface area contributed by atoms with Crippen molar-refractivity contribution < 1.29 is 58.5 Å². The summed E-state index contributed by atoms with van der Waals surface area (Å²) in [6.45, 7) is 4.31. The van der Waals surface area contributed by atoms with Gasteiger partial charge in [-0.05, 0) is 100 Å². The van der Waals surface area contributed by atoms with Crippen LogP contribution in [-0.2, 0) is 36.9 Å². The lowest BCUT2D eigenvalue weighted by Gasteiger charge is -2.44. The van der Waals surface area contributed by atoms with Gasteiger partial charge in [0.05, 0.1) is 55.5 Å². The number of nitrogens with zero attached hydrogens (tertiary/aromatic N) is 2. The Kier molecular flexibility index (Phi) is 13.9. The number of ketones is 1. The summed E-state index contributed by atoms with van der Waals surface area (Å²) in [5.74, 6) is -2.44. The summed E-state index contributed by atoms with van der Waals surface area (Å²) in [6.07, 6.45) is 6.04. The van der Waals surface area contributed by atoms with Crippen molar-refractivity contribution in [1.29, 1.82) is 0 Å². The Morgan fingerprint density at radius 2 is 1.87 bits per heavy atom. The molecule has 60 heavy (non-hydrogen) atoms. The number of piperidine rings is 1. The highest BCUT2D eigenvalue weighted by Gasteiger charge is 2.51. The van der Waals surface area contributed by atoms with Gasteiger partial charge in [-0.25, -0.2) is 4.79 Å². The van der Waals surface area contributed by atoms with Crippen molar-refractivity contribution in [3.63, 3.8) is 0 Å². The van der Waals surface area contributed by atoms with Gasteiger partial charge in [0.25, 0.3) is 0 Å². The Hall–Kier alpha value is -4.44. The molecule has 1 aliphatic carbocycles. The van der Waals surface area contributed by atoms with Crippen molar-refractivity contribution >= 4 is 29.7 Å². The number of aldehydes is 1. The van der Waals surface area contributed by atoms with E-state index < -0.39 is 42.7 Å². The molecule has 5 aliphatic rings. The van der Waals surface area contributed by atoms with Crippen LogP contribution in [0.3, 0.4) is 0 Å². The number of aliphatic hydroxyl groups excluding tert-OH is 3. The zero-order valence-corrected chi connectivity index (χ0v) is 34.9. The maximum absolute atomic E-state index is 14.0. The number of carbonyl (C=O) groups excluding carboxylic acids is 3. The SMILES string of the molecule is CCOC(=O)C1=C(C=O)/C(=C2\C[C@H](CO)C(=O)[C@@H](c3ccc4c(c3)=CCN=4)C2)c2c(OC)c3c(c(CO)c2O1)O[C@H]([C@@](O)(CCCCO)C1CCN(CCCOC)CC1)C3. The fourth-order valence-electron chi connectivity index (χ4n) is 10.0. The van der Waals surface area contributed by atoms with Gasteiger partial charge >= 0.3 is 5.97 Å². The molecular formula is C46H58N2O12. The molecule has 0 radical (unpaired) electrons. The topological polar surface area (TPSA) is 194 Å². The van der Waals surface area contributed by atoms with Gasteiger partial charge < -0.3 is 49.0 Å². The number of benzene rings is 2. The number of fused-ring (bicyclic) bond motifs is 3. The van der Waals surface area contributed by atoms with E-state index in [1.807, 2.05) is 24.3 Å². The number of unbranched alkanes of at least 4 members (excludes halogenated alkanes) is 1. The van der Waals surface area contributed by atoms with Gasteiger partial charge in [-0.15, -0.1) is 0 Å². The molecule has 4 aliphatic heterocycles. The highest BCUT2D eigenvalue weighted by atomic mass is 16.6. The molecule has 2 aromatic rings. The second-order valence-corrected chi connectivity index (χ2v) is 16.4. The average Bonchev–Trinajstić information content (AvgIpc) is 3.93. The first-order valence-corrected chi connectivity index (χ1v) is 21.3. The molecule has 1 saturated carbocycles. The number of esters is 1. The molecule has 7 rings (SSSR count). The predicted octanol–water partition coefficient (Wildman–Crippen LogP) is 2.46. The molecule has 4 atom stereocenters. The summed E-state index contributed by atoms with van der Waals surface area (Å²) < 4.78 is 30.0. The summed E-state index contributed by atoms with van der Waals surface area (Å²) in [7, 11) is 3.18. The normalized spacial score (nSPS) is 23.7. The highest BCUT2D eigenvalue weighted by molar-refractivity contribution is 6.11. The van der Waals surface area contributed by atoms with Gasteiger partial charge in [0.1, 0.15) is 34.7 Å². The number of ether oxygens (including phenoxy) is 5. The minimum absolute atomic E-state index is 0.00646. The molecule has 4 N–H and O–H groups in total. The van der Waals surface area contributed by atoms with Crippen molar-refractivity contribution in [3.05, 3.63) is 67.9 Å². The molecule has 0 unspecified atom stereocenters. The molecule has 0 bridgehead atoms. The number of allylic oxidation sites excluding steroid dienone is 3. The monoisotopic (exact) mass is 830 g/mol. The van der Waals surface area contributed by atoms with Crippen LogP contribution in [0.15, 0.2) is 40.1 Å². The smallest absolute Gasteiger partial charge is 0.375 e. The van der Waals surface area contributed by atoms with Gasteiger partial charge in [0.15, 0.2) is 6.29 Å². The van der Waals surface area contributed by atoms with E-state index in [1.54, 1.807) is 14.0 Å². The molecule has 14 heteroatoms. The number of carbonyl (C=O) groups is 3. The second kappa shape index (κ2) is 19.1. The van der Waals surface area contributed by atoms with Gasteiger partial charge in [-0.1, -0.05) is 17.7 Å². The second-order valence-electron chi connectivity index (χ2n) is 16.4. The van der Waals surface area contributed by atoms with Crippen LogP contribution in [0.1, 0.15) is 86.5 Å². The minimum atomic E-state index is -1.32. The first-order valence-electron chi connectivity index (χ1n) is 21.3. The largest absolute Gasteiger partial charge is 0.496 e. The van der Waals surface area contributed by atoms with E-state index >= 15 is 0 Å². The summed E-state index contributed by atoms with van der Waals surface area (Å²) in [5.41, 5.74) is 1.34. The van der Waals surface area contributed by atoms with Crippen molar-refractivity contribution in [2.24, 2.45) is 16.8 Å². The molecule has 2 aromatic carbocycles. The first-order chi connectivity index (χ1) is 29.1. The number of rotatable bonds is 17. The quantitative estimate of drug-likeness (QED) is 0.103. The van der Waals surface area contributed by atoms with Crippen molar-refractivity contribution in [1.82, 2.24) is 4.90 Å². The van der Waals surface area contributed by atoms with Gasteiger partial charge in [-0.2, -0.15) is 0 Å². The van der Waals surface area contributed by atoms with Crippen LogP contribution in [0.25, 0.3) is 11.6 Å².